The lowest BCUT2D eigenvalue weighted by molar-refractivity contribution is -0.120. The van der Waals surface area contributed by atoms with Crippen molar-refractivity contribution >= 4 is 22.4 Å². The molecule has 6 heteroatoms. The highest BCUT2D eigenvalue weighted by atomic mass is 32.1. The molecular formula is C8H13N3O2S. The molecule has 0 spiro atoms. The Hall–Kier alpha value is -0.980. The summed E-state index contributed by atoms with van der Waals surface area (Å²) in [6.07, 6.45) is 1.71. The van der Waals surface area contributed by atoms with Crippen molar-refractivity contribution in [1.82, 2.24) is 4.98 Å². The minimum absolute atomic E-state index is 0.0236. The van der Waals surface area contributed by atoms with E-state index in [1.165, 1.54) is 11.3 Å². The fourth-order valence-electron chi connectivity index (χ4n) is 0.816. The van der Waals surface area contributed by atoms with Crippen LogP contribution in [-0.2, 0) is 9.53 Å². The van der Waals surface area contributed by atoms with Gasteiger partial charge in [0, 0.05) is 17.6 Å². The summed E-state index contributed by atoms with van der Waals surface area (Å²) >= 11 is 1.43. The van der Waals surface area contributed by atoms with Gasteiger partial charge in [0.15, 0.2) is 5.13 Å². The summed E-state index contributed by atoms with van der Waals surface area (Å²) in [7, 11) is 0. The average Bonchev–Trinajstić information content (AvgIpc) is 2.52. The molecule has 0 saturated heterocycles. The summed E-state index contributed by atoms with van der Waals surface area (Å²) in [5, 5.41) is 3.23. The maximum atomic E-state index is 11.2. The summed E-state index contributed by atoms with van der Waals surface area (Å²) < 4.78 is 4.96. The highest BCUT2D eigenvalue weighted by Gasteiger charge is 2.04. The van der Waals surface area contributed by atoms with E-state index in [0.29, 0.717) is 18.3 Å². The van der Waals surface area contributed by atoms with Crippen LogP contribution in [-0.4, -0.2) is 30.6 Å². The Balaban J connectivity index is 2.27. The second kappa shape index (κ2) is 5.69. The minimum atomic E-state index is -0.201. The van der Waals surface area contributed by atoms with Crippen molar-refractivity contribution in [1.29, 1.82) is 0 Å². The van der Waals surface area contributed by atoms with Crippen molar-refractivity contribution in [2.45, 2.75) is 6.92 Å². The zero-order valence-electron chi connectivity index (χ0n) is 7.95. The molecule has 1 amide bonds. The molecule has 0 aliphatic rings. The molecule has 1 aromatic rings. The van der Waals surface area contributed by atoms with Crippen molar-refractivity contribution in [3.63, 3.8) is 0 Å². The van der Waals surface area contributed by atoms with Gasteiger partial charge in [-0.3, -0.25) is 10.1 Å². The van der Waals surface area contributed by atoms with Crippen LogP contribution < -0.4 is 11.1 Å². The van der Waals surface area contributed by atoms with Crippen LogP contribution in [0.15, 0.2) is 6.20 Å². The molecule has 0 aromatic carbocycles. The number of nitrogens with zero attached hydrogens (tertiary/aromatic N) is 1. The van der Waals surface area contributed by atoms with E-state index in [4.69, 9.17) is 10.5 Å². The number of carbonyl (C=O) groups is 1. The van der Waals surface area contributed by atoms with Crippen LogP contribution in [0.3, 0.4) is 0 Å². The highest BCUT2D eigenvalue weighted by molar-refractivity contribution is 7.15. The second-order valence-corrected chi connectivity index (χ2v) is 3.90. The lowest BCUT2D eigenvalue weighted by Crippen LogP contribution is -2.20. The van der Waals surface area contributed by atoms with Crippen molar-refractivity contribution in [3.05, 3.63) is 11.1 Å². The lowest BCUT2D eigenvalue weighted by Gasteiger charge is -2.01. The zero-order valence-corrected chi connectivity index (χ0v) is 8.76. The van der Waals surface area contributed by atoms with E-state index in [1.54, 1.807) is 6.20 Å². The number of nitrogens with two attached hydrogens (primary N) is 1. The fourth-order valence-corrected chi connectivity index (χ4v) is 1.50. The standard InChI is InChI=1S/C8H13N3O2S/c1-6-4-10-8(14-6)11-7(12)5-13-3-2-9/h4H,2-3,5,9H2,1H3,(H,10,11,12). The molecule has 0 unspecified atom stereocenters. The molecule has 78 valence electrons. The van der Waals surface area contributed by atoms with E-state index in [2.05, 4.69) is 10.3 Å². The van der Waals surface area contributed by atoms with Crippen LogP contribution in [0.25, 0.3) is 0 Å². The highest BCUT2D eigenvalue weighted by Crippen LogP contribution is 2.15. The third-order valence-corrected chi connectivity index (χ3v) is 2.19. The van der Waals surface area contributed by atoms with Gasteiger partial charge in [0.25, 0.3) is 5.91 Å². The SMILES string of the molecule is Cc1cnc(NC(=O)COCCN)s1. The molecule has 0 fully saturated rings. The molecule has 0 aliphatic heterocycles. The molecule has 0 aliphatic carbocycles. The van der Waals surface area contributed by atoms with Gasteiger partial charge in [-0.2, -0.15) is 0 Å². The zero-order chi connectivity index (χ0) is 10.4. The summed E-state index contributed by atoms with van der Waals surface area (Å²) in [5.74, 6) is -0.201. The molecule has 14 heavy (non-hydrogen) atoms. The molecule has 0 atom stereocenters. The first-order valence-corrected chi connectivity index (χ1v) is 5.04. The van der Waals surface area contributed by atoms with Gasteiger partial charge in [-0.25, -0.2) is 4.98 Å². The van der Waals surface area contributed by atoms with Gasteiger partial charge in [0.05, 0.1) is 6.61 Å². The summed E-state index contributed by atoms with van der Waals surface area (Å²) in [4.78, 5) is 16.2. The molecule has 1 heterocycles. The number of hydrogen-bond acceptors (Lipinski definition) is 5. The second-order valence-electron chi connectivity index (χ2n) is 2.67. The van der Waals surface area contributed by atoms with Crippen LogP contribution in [0.4, 0.5) is 5.13 Å². The normalized spacial score (nSPS) is 10.1. The number of anilines is 1. The lowest BCUT2D eigenvalue weighted by atomic mass is 10.6. The van der Waals surface area contributed by atoms with Gasteiger partial charge in [-0.15, -0.1) is 11.3 Å². The van der Waals surface area contributed by atoms with Crippen molar-refractivity contribution in [3.8, 4) is 0 Å². The van der Waals surface area contributed by atoms with Gasteiger partial charge < -0.3 is 10.5 Å². The smallest absolute Gasteiger partial charge is 0.252 e. The van der Waals surface area contributed by atoms with E-state index in [9.17, 15) is 4.79 Å². The maximum absolute atomic E-state index is 11.2. The molecule has 0 bridgehead atoms. The van der Waals surface area contributed by atoms with Gasteiger partial charge in [-0.05, 0) is 6.92 Å². The van der Waals surface area contributed by atoms with Gasteiger partial charge >= 0.3 is 0 Å². The van der Waals surface area contributed by atoms with Crippen LogP contribution >= 0.6 is 11.3 Å². The Morgan fingerprint density at radius 3 is 3.14 bits per heavy atom. The van der Waals surface area contributed by atoms with Gasteiger partial charge in [-0.1, -0.05) is 0 Å². The molecule has 1 aromatic heterocycles. The molecule has 0 radical (unpaired) electrons. The molecule has 3 N–H and O–H groups in total. The predicted octanol–water partition coefficient (Wildman–Crippen LogP) is 0.365. The summed E-state index contributed by atoms with van der Waals surface area (Å²) in [6, 6.07) is 0. The monoisotopic (exact) mass is 215 g/mol. The molecule has 0 saturated carbocycles. The maximum Gasteiger partial charge on any atom is 0.252 e. The number of carbonyl (C=O) groups excluding carboxylic acids is 1. The number of rotatable bonds is 5. The van der Waals surface area contributed by atoms with E-state index >= 15 is 0 Å². The van der Waals surface area contributed by atoms with Crippen molar-refractivity contribution in [2.24, 2.45) is 5.73 Å². The van der Waals surface area contributed by atoms with Crippen LogP contribution in [0, 0.1) is 6.92 Å². The number of ether oxygens (including phenoxy) is 1. The molecular weight excluding hydrogens is 202 g/mol. The largest absolute Gasteiger partial charge is 0.370 e. The van der Waals surface area contributed by atoms with Crippen molar-refractivity contribution < 1.29 is 9.53 Å². The van der Waals surface area contributed by atoms with E-state index in [1.807, 2.05) is 6.92 Å². The summed E-state index contributed by atoms with van der Waals surface area (Å²) in [6.45, 7) is 2.77. The first kappa shape index (κ1) is 11.1. The fraction of sp³-hybridized carbons (Fsp3) is 0.500. The number of aromatic nitrogens is 1. The molecule has 1 rings (SSSR count). The topological polar surface area (TPSA) is 77.2 Å². The van der Waals surface area contributed by atoms with E-state index in [0.717, 1.165) is 4.88 Å². The Bertz CT molecular complexity index is 301. The minimum Gasteiger partial charge on any atom is -0.370 e. The average molecular weight is 215 g/mol. The summed E-state index contributed by atoms with van der Waals surface area (Å²) in [5.41, 5.74) is 5.20. The predicted molar refractivity (Wildman–Crippen MR) is 55.4 cm³/mol. The number of amides is 1. The number of thiazole rings is 1. The van der Waals surface area contributed by atoms with E-state index in [-0.39, 0.29) is 12.5 Å². The number of hydrogen-bond donors (Lipinski definition) is 2. The van der Waals surface area contributed by atoms with Crippen molar-refractivity contribution in [2.75, 3.05) is 25.1 Å². The van der Waals surface area contributed by atoms with Gasteiger partial charge in [0.1, 0.15) is 6.61 Å². The Kier molecular flexibility index (Phi) is 4.51. The van der Waals surface area contributed by atoms with E-state index < -0.39 is 0 Å². The Morgan fingerprint density at radius 1 is 1.79 bits per heavy atom. The Labute approximate surface area is 86.3 Å². The number of nitrogens with one attached hydrogen (secondary N) is 1. The third kappa shape index (κ3) is 3.82. The van der Waals surface area contributed by atoms with Crippen LogP contribution in [0.1, 0.15) is 4.88 Å². The first-order chi connectivity index (χ1) is 6.72. The third-order valence-electron chi connectivity index (χ3n) is 1.36. The van der Waals surface area contributed by atoms with Crippen LogP contribution in [0.5, 0.6) is 0 Å². The molecule has 5 nitrogen and oxygen atoms in total. The quantitative estimate of drug-likeness (QED) is 0.695. The van der Waals surface area contributed by atoms with Crippen LogP contribution in [0.2, 0.25) is 0 Å². The Morgan fingerprint density at radius 2 is 2.57 bits per heavy atom. The van der Waals surface area contributed by atoms with Gasteiger partial charge in [0.2, 0.25) is 0 Å². The first-order valence-electron chi connectivity index (χ1n) is 4.22. The number of aryl methyl sites for hydroxylation is 1.